The Kier molecular flexibility index (Phi) is 5.05. The van der Waals surface area contributed by atoms with Gasteiger partial charge in [-0.3, -0.25) is 9.67 Å². The second-order valence-corrected chi connectivity index (χ2v) is 6.74. The number of benzene rings is 2. The zero-order valence-electron chi connectivity index (χ0n) is 16.0. The molecule has 0 aliphatic carbocycles. The number of pyridine rings is 1. The maximum Gasteiger partial charge on any atom is 0.416 e. The molecule has 0 unspecified atom stereocenters. The zero-order valence-corrected chi connectivity index (χ0v) is 16.0. The Labute approximate surface area is 173 Å². The number of nitrogens with zero attached hydrogens (tertiary/aromatic N) is 3. The minimum atomic E-state index is -4.53. The molecule has 6 nitrogen and oxygen atoms in total. The van der Waals surface area contributed by atoms with Gasteiger partial charge < -0.3 is 10.6 Å². The molecule has 2 aromatic heterocycles. The van der Waals surface area contributed by atoms with E-state index in [2.05, 4.69) is 20.7 Å². The lowest BCUT2D eigenvalue weighted by atomic mass is 10.0. The van der Waals surface area contributed by atoms with E-state index < -0.39 is 23.6 Å². The molecule has 0 saturated heterocycles. The summed E-state index contributed by atoms with van der Waals surface area (Å²) in [6.45, 7) is 0. The quantitative estimate of drug-likeness (QED) is 0.426. The van der Waals surface area contributed by atoms with Crippen molar-refractivity contribution in [1.29, 1.82) is 0 Å². The third-order valence-electron chi connectivity index (χ3n) is 4.64. The first-order chi connectivity index (χ1) is 14.7. The van der Waals surface area contributed by atoms with Crippen LogP contribution in [0.3, 0.4) is 0 Å². The summed E-state index contributed by atoms with van der Waals surface area (Å²) in [6.07, 6.45) is 0.164. The lowest BCUT2D eigenvalue weighted by molar-refractivity contribution is -0.137. The number of anilines is 2. The molecule has 31 heavy (non-hydrogen) atoms. The molecule has 2 heterocycles. The number of rotatable bonds is 3. The van der Waals surface area contributed by atoms with E-state index in [9.17, 15) is 22.4 Å². The van der Waals surface area contributed by atoms with Crippen LogP contribution < -0.4 is 10.6 Å². The van der Waals surface area contributed by atoms with Crippen molar-refractivity contribution in [3.05, 3.63) is 72.4 Å². The predicted octanol–water partition coefficient (Wildman–Crippen LogP) is 5.44. The summed E-state index contributed by atoms with van der Waals surface area (Å²) >= 11 is 0. The van der Waals surface area contributed by atoms with Crippen LogP contribution in [0, 0.1) is 5.82 Å². The number of hydrogen-bond acceptors (Lipinski definition) is 3. The van der Waals surface area contributed by atoms with Crippen LogP contribution in [0.25, 0.3) is 22.0 Å². The predicted molar refractivity (Wildman–Crippen MR) is 108 cm³/mol. The number of nitrogens with one attached hydrogen (secondary N) is 2. The number of hydrogen-bond donors (Lipinski definition) is 2. The first-order valence-corrected chi connectivity index (χ1v) is 9.03. The number of halogens is 4. The highest BCUT2D eigenvalue weighted by atomic mass is 19.4. The Morgan fingerprint density at radius 1 is 0.968 bits per heavy atom. The summed E-state index contributed by atoms with van der Waals surface area (Å²) in [5, 5.41) is 9.67. The van der Waals surface area contributed by atoms with Crippen LogP contribution in [0.4, 0.5) is 33.7 Å². The van der Waals surface area contributed by atoms with Gasteiger partial charge >= 0.3 is 12.2 Å². The maximum atomic E-state index is 14.5. The Bertz CT molecular complexity index is 1280. The summed E-state index contributed by atoms with van der Waals surface area (Å²) in [7, 11) is 1.74. The molecule has 158 valence electrons. The second kappa shape index (κ2) is 7.71. The normalized spacial score (nSPS) is 11.5. The molecular weight excluding hydrogens is 414 g/mol. The standard InChI is InChI=1S/C21H15F4N5O/c1-30-19-11-26-9-16(17(19)10-27-30)15-8-14(5-6-18(15)22)29-20(31)28-13-4-2-3-12(7-13)21(23,24)25/h2-11H,1H3,(H2,28,29,31). The van der Waals surface area contributed by atoms with Crippen molar-refractivity contribution < 1.29 is 22.4 Å². The summed E-state index contributed by atoms with van der Waals surface area (Å²) < 4.78 is 54.6. The molecule has 0 bridgehead atoms. The van der Waals surface area contributed by atoms with E-state index in [1.165, 1.54) is 36.5 Å². The fourth-order valence-corrected chi connectivity index (χ4v) is 3.15. The molecule has 0 spiro atoms. The topological polar surface area (TPSA) is 71.8 Å². The van der Waals surface area contributed by atoms with Crippen LogP contribution in [0.5, 0.6) is 0 Å². The van der Waals surface area contributed by atoms with E-state index in [0.29, 0.717) is 16.5 Å². The van der Waals surface area contributed by atoms with Gasteiger partial charge in [-0.15, -0.1) is 0 Å². The SMILES string of the molecule is Cn1ncc2c(-c3cc(NC(=O)Nc4cccc(C(F)(F)F)c4)ccc3F)cncc21. The number of aromatic nitrogens is 3. The molecule has 2 amide bonds. The van der Waals surface area contributed by atoms with Gasteiger partial charge in [0.05, 0.1) is 23.5 Å². The van der Waals surface area contributed by atoms with Crippen molar-refractivity contribution >= 4 is 28.3 Å². The minimum Gasteiger partial charge on any atom is -0.308 e. The number of alkyl halides is 3. The van der Waals surface area contributed by atoms with E-state index >= 15 is 0 Å². The van der Waals surface area contributed by atoms with Gasteiger partial charge in [-0.2, -0.15) is 18.3 Å². The summed E-state index contributed by atoms with van der Waals surface area (Å²) in [5.41, 5.74) is 0.734. The Morgan fingerprint density at radius 2 is 1.71 bits per heavy atom. The Balaban J connectivity index is 1.58. The highest BCUT2D eigenvalue weighted by Crippen LogP contribution is 2.32. The average Bonchev–Trinajstić information content (AvgIpc) is 3.10. The number of carbonyl (C=O) groups is 1. The van der Waals surface area contributed by atoms with Gasteiger partial charge in [0.2, 0.25) is 0 Å². The highest BCUT2D eigenvalue weighted by molar-refractivity contribution is 6.01. The van der Waals surface area contributed by atoms with Crippen LogP contribution in [0.1, 0.15) is 5.56 Å². The zero-order chi connectivity index (χ0) is 22.2. The van der Waals surface area contributed by atoms with Gasteiger partial charge in [-0.25, -0.2) is 9.18 Å². The van der Waals surface area contributed by atoms with Crippen molar-refractivity contribution in [2.45, 2.75) is 6.18 Å². The number of amides is 2. The van der Waals surface area contributed by atoms with Crippen LogP contribution in [0.15, 0.2) is 61.1 Å². The number of aryl methyl sites for hydroxylation is 1. The van der Waals surface area contributed by atoms with Gasteiger partial charge in [-0.05, 0) is 36.4 Å². The largest absolute Gasteiger partial charge is 0.416 e. The van der Waals surface area contributed by atoms with Gasteiger partial charge in [0, 0.05) is 41.1 Å². The molecule has 0 atom stereocenters. The van der Waals surface area contributed by atoms with Gasteiger partial charge in [0.25, 0.3) is 0 Å². The van der Waals surface area contributed by atoms with E-state index in [1.807, 2.05) is 0 Å². The number of fused-ring (bicyclic) bond motifs is 1. The van der Waals surface area contributed by atoms with Crippen molar-refractivity contribution in [1.82, 2.24) is 14.8 Å². The lowest BCUT2D eigenvalue weighted by Crippen LogP contribution is -2.20. The smallest absolute Gasteiger partial charge is 0.308 e. The highest BCUT2D eigenvalue weighted by Gasteiger charge is 2.30. The second-order valence-electron chi connectivity index (χ2n) is 6.74. The average molecular weight is 429 g/mol. The van der Waals surface area contributed by atoms with Crippen LogP contribution in [0.2, 0.25) is 0 Å². The molecule has 0 aliphatic rings. The summed E-state index contributed by atoms with van der Waals surface area (Å²) in [5.74, 6) is -0.526. The number of urea groups is 1. The first-order valence-electron chi connectivity index (χ1n) is 9.03. The van der Waals surface area contributed by atoms with E-state index in [4.69, 9.17) is 0 Å². The monoisotopic (exact) mass is 429 g/mol. The van der Waals surface area contributed by atoms with Crippen molar-refractivity contribution in [3.63, 3.8) is 0 Å². The van der Waals surface area contributed by atoms with Crippen molar-refractivity contribution in [2.75, 3.05) is 10.6 Å². The fourth-order valence-electron chi connectivity index (χ4n) is 3.15. The van der Waals surface area contributed by atoms with Crippen molar-refractivity contribution in [3.8, 4) is 11.1 Å². The number of carbonyl (C=O) groups excluding carboxylic acids is 1. The van der Waals surface area contributed by atoms with Gasteiger partial charge in [-0.1, -0.05) is 6.07 Å². The molecule has 2 N–H and O–H groups in total. The van der Waals surface area contributed by atoms with Gasteiger partial charge in [0.15, 0.2) is 0 Å². The fraction of sp³-hybridized carbons (Fsp3) is 0.0952. The molecule has 0 radical (unpaired) electrons. The molecule has 0 aliphatic heterocycles. The van der Waals surface area contributed by atoms with E-state index in [1.54, 1.807) is 24.1 Å². The molecule has 0 saturated carbocycles. The summed E-state index contributed by atoms with van der Waals surface area (Å²) in [6, 6.07) is 7.44. The van der Waals surface area contributed by atoms with Crippen LogP contribution >= 0.6 is 0 Å². The van der Waals surface area contributed by atoms with Crippen molar-refractivity contribution in [2.24, 2.45) is 7.05 Å². The molecule has 2 aromatic carbocycles. The molecular formula is C21H15F4N5O. The summed E-state index contributed by atoms with van der Waals surface area (Å²) in [4.78, 5) is 16.4. The van der Waals surface area contributed by atoms with E-state index in [0.717, 1.165) is 12.1 Å². The minimum absolute atomic E-state index is 0.0287. The molecule has 0 fully saturated rings. The Morgan fingerprint density at radius 3 is 2.45 bits per heavy atom. The van der Waals surface area contributed by atoms with Crippen LogP contribution in [-0.2, 0) is 13.2 Å². The molecule has 10 heteroatoms. The third kappa shape index (κ3) is 4.18. The third-order valence-corrected chi connectivity index (χ3v) is 4.64. The van der Waals surface area contributed by atoms with Crippen LogP contribution in [-0.4, -0.2) is 20.8 Å². The Hall–Kier alpha value is -3.95. The molecule has 4 rings (SSSR count). The molecule has 4 aromatic rings. The lowest BCUT2D eigenvalue weighted by Gasteiger charge is -2.12. The maximum absolute atomic E-state index is 14.5. The van der Waals surface area contributed by atoms with Gasteiger partial charge in [0.1, 0.15) is 5.82 Å². The van der Waals surface area contributed by atoms with E-state index in [-0.39, 0.29) is 16.9 Å². The first kappa shape index (κ1) is 20.3.